The Bertz CT molecular complexity index is 463. The highest BCUT2D eigenvalue weighted by Gasteiger charge is 1.99. The Morgan fingerprint density at radius 1 is 1.38 bits per heavy atom. The van der Waals surface area contributed by atoms with Crippen LogP contribution in [0.2, 0.25) is 0 Å². The van der Waals surface area contributed by atoms with Gasteiger partial charge in [-0.3, -0.25) is 0 Å². The Hall–Kier alpha value is -1.37. The normalized spacial score (nSPS) is 10.4. The Balaban J connectivity index is 1.88. The number of benzene rings is 1. The van der Waals surface area contributed by atoms with E-state index in [1.54, 1.807) is 0 Å². The van der Waals surface area contributed by atoms with Gasteiger partial charge in [-0.05, 0) is 12.1 Å². The molecule has 0 atom stereocenters. The molecule has 2 rings (SSSR count). The van der Waals surface area contributed by atoms with Crippen molar-refractivity contribution in [3.05, 3.63) is 30.3 Å². The van der Waals surface area contributed by atoms with Crippen molar-refractivity contribution < 1.29 is 0 Å². The summed E-state index contributed by atoms with van der Waals surface area (Å²) in [6, 6.07) is 10.5. The number of rotatable bonds is 5. The van der Waals surface area contributed by atoms with Gasteiger partial charge in [-0.15, -0.1) is 18.2 Å². The monoisotopic (exact) mass is 230 g/mol. The molecule has 0 aliphatic heterocycles. The summed E-state index contributed by atoms with van der Waals surface area (Å²) in [5.41, 5.74) is 1.20. The molecule has 0 aliphatic carbocycles. The molecule has 2 nitrogen and oxygen atoms in total. The Kier molecular flexibility index (Phi) is 3.92. The van der Waals surface area contributed by atoms with Crippen LogP contribution in [-0.2, 0) is 0 Å². The average Bonchev–Trinajstić information content (AvgIpc) is 2.71. The molecule has 0 saturated heterocycles. The fourth-order valence-corrected chi connectivity index (χ4v) is 2.38. The summed E-state index contributed by atoms with van der Waals surface area (Å²) in [6.45, 7) is 1.58. The van der Waals surface area contributed by atoms with Gasteiger partial charge in [0.05, 0.1) is 11.6 Å². The Morgan fingerprint density at radius 2 is 2.25 bits per heavy atom. The van der Waals surface area contributed by atoms with E-state index in [1.165, 1.54) is 15.9 Å². The molecule has 82 valence electrons. The first-order valence-electron chi connectivity index (χ1n) is 5.25. The lowest BCUT2D eigenvalue weighted by Crippen LogP contribution is -2.16. The molecule has 0 radical (unpaired) electrons. The molecule has 0 spiro atoms. The van der Waals surface area contributed by atoms with Crippen molar-refractivity contribution in [2.45, 2.75) is 5.03 Å². The lowest BCUT2D eigenvalue weighted by molar-refractivity contribution is 0.818. The zero-order valence-electron chi connectivity index (χ0n) is 8.99. The first-order valence-corrected chi connectivity index (χ1v) is 6.23. The van der Waals surface area contributed by atoms with Crippen molar-refractivity contribution in [1.29, 1.82) is 0 Å². The fraction of sp³-hybridized carbons (Fsp3) is 0.231. The topological polar surface area (TPSA) is 27.8 Å². The molecule has 1 heterocycles. The molecule has 1 aromatic carbocycles. The zero-order valence-corrected chi connectivity index (χ0v) is 9.81. The molecule has 0 bridgehead atoms. The SMILES string of the molecule is C#CCNCCSc1cc2ccccc2[nH]1. The molecule has 0 saturated carbocycles. The lowest BCUT2D eigenvalue weighted by atomic mass is 10.3. The summed E-state index contributed by atoms with van der Waals surface area (Å²) in [5.74, 6) is 3.58. The van der Waals surface area contributed by atoms with Crippen LogP contribution >= 0.6 is 11.8 Å². The van der Waals surface area contributed by atoms with Gasteiger partial charge in [-0.2, -0.15) is 0 Å². The first kappa shape index (κ1) is 11.1. The highest BCUT2D eigenvalue weighted by molar-refractivity contribution is 7.99. The van der Waals surface area contributed by atoms with Gasteiger partial charge in [0.15, 0.2) is 0 Å². The van der Waals surface area contributed by atoms with E-state index in [0.717, 1.165) is 12.3 Å². The summed E-state index contributed by atoms with van der Waals surface area (Å²) in [6.07, 6.45) is 5.15. The van der Waals surface area contributed by atoms with Crippen molar-refractivity contribution in [3.8, 4) is 12.3 Å². The number of hydrogen-bond acceptors (Lipinski definition) is 2. The molecule has 3 heteroatoms. The number of terminal acetylenes is 1. The van der Waals surface area contributed by atoms with Crippen LogP contribution in [0.5, 0.6) is 0 Å². The standard InChI is InChI=1S/C13H14N2S/c1-2-7-14-8-9-16-13-10-11-5-3-4-6-12(11)15-13/h1,3-6,10,14-15H,7-9H2. The lowest BCUT2D eigenvalue weighted by Gasteiger charge is -1.98. The number of aromatic amines is 1. The second-order valence-electron chi connectivity index (χ2n) is 3.45. The van der Waals surface area contributed by atoms with Gasteiger partial charge in [-0.25, -0.2) is 0 Å². The van der Waals surface area contributed by atoms with Crippen LogP contribution in [0, 0.1) is 12.3 Å². The van der Waals surface area contributed by atoms with Gasteiger partial charge in [0.1, 0.15) is 0 Å². The van der Waals surface area contributed by atoms with Gasteiger partial charge in [0, 0.05) is 23.2 Å². The minimum atomic E-state index is 0.646. The van der Waals surface area contributed by atoms with E-state index in [9.17, 15) is 0 Å². The smallest absolute Gasteiger partial charge is 0.0732 e. The quantitative estimate of drug-likeness (QED) is 0.469. The van der Waals surface area contributed by atoms with Crippen LogP contribution in [0.3, 0.4) is 0 Å². The van der Waals surface area contributed by atoms with Crippen LogP contribution < -0.4 is 5.32 Å². The van der Waals surface area contributed by atoms with Gasteiger partial charge in [-0.1, -0.05) is 24.1 Å². The second kappa shape index (κ2) is 5.64. The van der Waals surface area contributed by atoms with Crippen LogP contribution in [0.4, 0.5) is 0 Å². The van der Waals surface area contributed by atoms with Crippen molar-refractivity contribution in [2.24, 2.45) is 0 Å². The maximum absolute atomic E-state index is 5.15. The first-order chi connectivity index (χ1) is 7.90. The predicted octanol–water partition coefficient (Wildman–Crippen LogP) is 2.48. The van der Waals surface area contributed by atoms with Crippen molar-refractivity contribution >= 4 is 22.7 Å². The molecule has 0 unspecified atom stereocenters. The second-order valence-corrected chi connectivity index (χ2v) is 4.59. The van der Waals surface area contributed by atoms with E-state index in [0.29, 0.717) is 6.54 Å². The maximum atomic E-state index is 5.15. The zero-order chi connectivity index (χ0) is 11.2. The van der Waals surface area contributed by atoms with Crippen LogP contribution in [0.25, 0.3) is 10.9 Å². The number of para-hydroxylation sites is 1. The van der Waals surface area contributed by atoms with E-state index in [-0.39, 0.29) is 0 Å². The number of H-pyrrole nitrogens is 1. The molecular weight excluding hydrogens is 216 g/mol. The minimum Gasteiger partial charge on any atom is -0.350 e. The third kappa shape index (κ3) is 2.82. The molecule has 2 aromatic rings. The fourth-order valence-electron chi connectivity index (χ4n) is 1.52. The van der Waals surface area contributed by atoms with Gasteiger partial charge in [0.25, 0.3) is 0 Å². The molecule has 0 fully saturated rings. The number of hydrogen-bond donors (Lipinski definition) is 2. The third-order valence-electron chi connectivity index (χ3n) is 2.27. The number of thioether (sulfide) groups is 1. The van der Waals surface area contributed by atoms with E-state index < -0.39 is 0 Å². The van der Waals surface area contributed by atoms with Gasteiger partial charge >= 0.3 is 0 Å². The summed E-state index contributed by atoms with van der Waals surface area (Å²) < 4.78 is 0. The van der Waals surface area contributed by atoms with Crippen LogP contribution in [0.1, 0.15) is 0 Å². The molecule has 0 aliphatic rings. The largest absolute Gasteiger partial charge is 0.350 e. The number of nitrogens with one attached hydrogen (secondary N) is 2. The van der Waals surface area contributed by atoms with Crippen molar-refractivity contribution in [1.82, 2.24) is 10.3 Å². The van der Waals surface area contributed by atoms with Crippen molar-refractivity contribution in [3.63, 3.8) is 0 Å². The highest BCUT2D eigenvalue weighted by Crippen LogP contribution is 2.22. The summed E-state index contributed by atoms with van der Waals surface area (Å²) in [5, 5.41) is 5.65. The third-order valence-corrected chi connectivity index (χ3v) is 3.21. The van der Waals surface area contributed by atoms with E-state index in [1.807, 2.05) is 17.8 Å². The van der Waals surface area contributed by atoms with E-state index >= 15 is 0 Å². The molecule has 1 aromatic heterocycles. The highest BCUT2D eigenvalue weighted by atomic mass is 32.2. The van der Waals surface area contributed by atoms with Crippen LogP contribution in [0.15, 0.2) is 35.4 Å². The number of aromatic nitrogens is 1. The maximum Gasteiger partial charge on any atom is 0.0732 e. The van der Waals surface area contributed by atoms with Gasteiger partial charge < -0.3 is 10.3 Å². The summed E-state index contributed by atoms with van der Waals surface area (Å²) >= 11 is 1.81. The van der Waals surface area contributed by atoms with Crippen LogP contribution in [-0.4, -0.2) is 23.8 Å². The summed E-state index contributed by atoms with van der Waals surface area (Å²) in [7, 11) is 0. The Labute approximate surface area is 99.8 Å². The van der Waals surface area contributed by atoms with Crippen molar-refractivity contribution in [2.75, 3.05) is 18.8 Å². The molecule has 2 N–H and O–H groups in total. The van der Waals surface area contributed by atoms with E-state index in [2.05, 4.69) is 40.5 Å². The Morgan fingerprint density at radius 3 is 3.06 bits per heavy atom. The summed E-state index contributed by atoms with van der Waals surface area (Å²) in [4.78, 5) is 3.38. The van der Waals surface area contributed by atoms with E-state index in [4.69, 9.17) is 6.42 Å². The molecule has 16 heavy (non-hydrogen) atoms. The number of fused-ring (bicyclic) bond motifs is 1. The predicted molar refractivity (Wildman–Crippen MR) is 70.7 cm³/mol. The van der Waals surface area contributed by atoms with Gasteiger partial charge in [0.2, 0.25) is 0 Å². The molecular formula is C13H14N2S. The minimum absolute atomic E-state index is 0.646. The molecule has 0 amide bonds. The average molecular weight is 230 g/mol.